The van der Waals surface area contributed by atoms with Crippen molar-refractivity contribution in [2.24, 2.45) is 5.73 Å². The number of halogens is 1. The fourth-order valence-electron chi connectivity index (χ4n) is 5.18. The van der Waals surface area contributed by atoms with Crippen LogP contribution in [0.2, 0.25) is 0 Å². The van der Waals surface area contributed by atoms with E-state index in [1.54, 1.807) is 13.8 Å². The molecular formula is C36H47BrN3O6PS. The van der Waals surface area contributed by atoms with E-state index in [0.29, 0.717) is 5.75 Å². The third-order valence-corrected chi connectivity index (χ3v) is 13.1. The fourth-order valence-corrected chi connectivity index (χ4v) is 10.5. The number of ether oxygens (including phenoxy) is 2. The van der Waals surface area contributed by atoms with Crippen molar-refractivity contribution in [1.29, 1.82) is 0 Å². The summed E-state index contributed by atoms with van der Waals surface area (Å²) >= 11 is 0.867. The molecule has 260 valence electrons. The third kappa shape index (κ3) is 12.6. The Morgan fingerprint density at radius 1 is 0.833 bits per heavy atom. The van der Waals surface area contributed by atoms with Gasteiger partial charge in [0.25, 0.3) is 0 Å². The van der Waals surface area contributed by atoms with Gasteiger partial charge in [0.05, 0.1) is 19.4 Å². The van der Waals surface area contributed by atoms with Crippen LogP contribution in [0.1, 0.15) is 39.5 Å². The second-order valence-corrected chi connectivity index (χ2v) is 15.5. The van der Waals surface area contributed by atoms with Gasteiger partial charge in [-0.2, -0.15) is 0 Å². The van der Waals surface area contributed by atoms with Gasteiger partial charge in [0.2, 0.25) is 11.8 Å². The van der Waals surface area contributed by atoms with Gasteiger partial charge >= 0.3 is 11.9 Å². The Morgan fingerprint density at radius 2 is 1.35 bits per heavy atom. The average Bonchev–Trinajstić information content (AvgIpc) is 3.10. The molecule has 4 N–H and O–H groups in total. The van der Waals surface area contributed by atoms with E-state index in [9.17, 15) is 19.2 Å². The van der Waals surface area contributed by atoms with Gasteiger partial charge in [-0.25, -0.2) is 11.4 Å². The van der Waals surface area contributed by atoms with E-state index >= 15 is 0 Å². The second-order valence-electron chi connectivity index (χ2n) is 10.8. The topological polar surface area (TPSA) is 137 Å². The molecule has 0 fully saturated rings. The van der Waals surface area contributed by atoms with Crippen LogP contribution in [0.25, 0.3) is 0 Å². The molecule has 0 unspecified atom stereocenters. The van der Waals surface area contributed by atoms with Gasteiger partial charge in [-0.15, -0.1) is 0 Å². The van der Waals surface area contributed by atoms with Crippen molar-refractivity contribution in [3.05, 3.63) is 91.0 Å². The molecule has 0 spiro atoms. The normalized spacial score (nSPS) is 12.5. The van der Waals surface area contributed by atoms with E-state index in [2.05, 4.69) is 88.8 Å². The van der Waals surface area contributed by atoms with Crippen LogP contribution in [-0.2, 0) is 28.7 Å². The molecule has 0 bridgehead atoms. The molecule has 0 radical (unpaired) electrons. The number of carbonyl (C=O) groups is 4. The largest absolute Gasteiger partial charge is 1.00 e. The molecule has 0 saturated heterocycles. The zero-order valence-corrected chi connectivity index (χ0v) is 30.9. The molecular weight excluding hydrogens is 713 g/mol. The van der Waals surface area contributed by atoms with Crippen molar-refractivity contribution in [3.8, 4) is 0 Å². The zero-order chi connectivity index (χ0) is 33.9. The summed E-state index contributed by atoms with van der Waals surface area (Å²) in [6.45, 7) is 3.47. The van der Waals surface area contributed by atoms with Crippen molar-refractivity contribution in [3.63, 3.8) is 0 Å². The molecule has 0 aromatic heterocycles. The molecule has 2 amide bonds. The van der Waals surface area contributed by atoms with E-state index in [1.807, 2.05) is 18.2 Å². The summed E-state index contributed by atoms with van der Waals surface area (Å²) in [5, 5.41) is 11.4. The predicted molar refractivity (Wildman–Crippen MR) is 195 cm³/mol. The monoisotopic (exact) mass is 759 g/mol. The van der Waals surface area contributed by atoms with Crippen molar-refractivity contribution >= 4 is 63.6 Å². The Bertz CT molecular complexity index is 1350. The van der Waals surface area contributed by atoms with Crippen LogP contribution in [-0.4, -0.2) is 72.9 Å². The minimum absolute atomic E-state index is 0. The summed E-state index contributed by atoms with van der Waals surface area (Å²) in [7, 11) is -1.94. The quantitative estimate of drug-likeness (QED) is 0.0440. The van der Waals surface area contributed by atoms with Gasteiger partial charge in [0, 0.05) is 12.2 Å². The lowest BCUT2D eigenvalue weighted by molar-refractivity contribution is -0.145. The number of benzene rings is 3. The highest BCUT2D eigenvalue weighted by Gasteiger charge is 2.44. The number of unbranched alkanes of at least 4 members (excludes halogenated alkanes) is 1. The summed E-state index contributed by atoms with van der Waals surface area (Å²) in [4.78, 5) is 49.4. The number of thiol groups is 1. The maximum atomic E-state index is 13.0. The van der Waals surface area contributed by atoms with Crippen LogP contribution in [0.4, 0.5) is 0 Å². The Kier molecular flexibility index (Phi) is 19.0. The Hall–Kier alpha value is -3.37. The number of nitrogens with two attached hydrogens (primary N) is 1. The highest BCUT2D eigenvalue weighted by atomic mass is 79.9. The maximum Gasteiger partial charge on any atom is 0.325 e. The number of nitrogens with one attached hydrogen (secondary N) is 2. The van der Waals surface area contributed by atoms with Crippen molar-refractivity contribution in [2.45, 2.75) is 51.6 Å². The first-order valence-electron chi connectivity index (χ1n) is 16.0. The summed E-state index contributed by atoms with van der Waals surface area (Å²) in [6, 6.07) is 30.4. The number of carbonyl (C=O) groups excluding carboxylic acids is 4. The van der Waals surface area contributed by atoms with Crippen molar-refractivity contribution in [2.75, 3.05) is 31.7 Å². The molecule has 3 rings (SSSR count). The SMILES string of the molecule is CCOC(=O)CNC(=O)[C@H](C[SH]=CCCC[P+](c1ccccc1)(c1ccccc1)c1ccccc1)NC(=O)CC[C@H](N)C(=O)OCC.[Br-]. The highest BCUT2D eigenvalue weighted by molar-refractivity contribution is 7.97. The van der Waals surface area contributed by atoms with Crippen LogP contribution in [0, 0.1) is 0 Å². The van der Waals surface area contributed by atoms with Crippen molar-refractivity contribution in [1.82, 2.24) is 10.6 Å². The van der Waals surface area contributed by atoms with Gasteiger partial charge in [0.15, 0.2) is 0 Å². The van der Waals surface area contributed by atoms with Crippen LogP contribution in [0.5, 0.6) is 0 Å². The maximum absolute atomic E-state index is 13.0. The summed E-state index contributed by atoms with van der Waals surface area (Å²) in [5.74, 6) is -1.71. The van der Waals surface area contributed by atoms with Crippen molar-refractivity contribution < 1.29 is 45.6 Å². The summed E-state index contributed by atoms with van der Waals surface area (Å²) in [6.07, 6.45) is 2.75. The molecule has 9 nitrogen and oxygen atoms in total. The Labute approximate surface area is 298 Å². The van der Waals surface area contributed by atoms with Gasteiger partial charge in [-0.3, -0.25) is 19.2 Å². The van der Waals surface area contributed by atoms with E-state index in [4.69, 9.17) is 15.2 Å². The van der Waals surface area contributed by atoms with E-state index in [1.165, 1.54) is 15.9 Å². The molecule has 0 saturated carbocycles. The van der Waals surface area contributed by atoms with E-state index < -0.39 is 43.1 Å². The number of hydrogen-bond donors (Lipinski definition) is 4. The Balaban J connectivity index is 0.00000800. The number of esters is 2. The molecule has 0 heterocycles. The molecule has 0 aliphatic carbocycles. The molecule has 48 heavy (non-hydrogen) atoms. The molecule has 0 aliphatic heterocycles. The van der Waals surface area contributed by atoms with Crippen LogP contribution >= 0.6 is 18.6 Å². The third-order valence-electron chi connectivity index (χ3n) is 7.47. The van der Waals surface area contributed by atoms with Gasteiger partial charge in [-0.1, -0.05) is 60.0 Å². The molecule has 12 heteroatoms. The van der Waals surface area contributed by atoms with Crippen LogP contribution in [0.15, 0.2) is 91.0 Å². The number of rotatable bonds is 19. The van der Waals surface area contributed by atoms with Crippen LogP contribution in [0.3, 0.4) is 0 Å². The molecule has 3 aromatic rings. The highest BCUT2D eigenvalue weighted by Crippen LogP contribution is 2.55. The second kappa shape index (κ2) is 22.3. The van der Waals surface area contributed by atoms with Gasteiger partial charge < -0.3 is 42.8 Å². The smallest absolute Gasteiger partial charge is 0.325 e. The first-order chi connectivity index (χ1) is 22.8. The first kappa shape index (κ1) is 40.8. The standard InChI is InChI=1S/C36H46N3O6PS.BrH/c1-3-44-34(41)26-38-35(42)32(39-33(40)23-22-31(37)36(43)45-4-2)27-47-25-15-14-24-46(28-16-8-5-9-17-28,29-18-10-6-11-19-29)30-20-12-7-13-21-30;/h5-13,16-21,25,31-32,47H,3-4,14-15,22-24,26-27,37H2,1-2H3,(H-,38,39,40,42);1H/t31-,32-;/m0./s1. The number of amides is 2. The molecule has 2 atom stereocenters. The first-order valence-corrected chi connectivity index (χ1v) is 19.1. The van der Waals surface area contributed by atoms with E-state index in [-0.39, 0.29) is 49.6 Å². The lowest BCUT2D eigenvalue weighted by Gasteiger charge is -2.27. The minimum atomic E-state index is -1.94. The molecule has 0 aliphatic rings. The average molecular weight is 761 g/mol. The fraction of sp³-hybridized carbons (Fsp3) is 0.361. The van der Waals surface area contributed by atoms with Gasteiger partial charge in [0.1, 0.15) is 41.8 Å². The zero-order valence-electron chi connectivity index (χ0n) is 27.6. The number of hydrogen-bond acceptors (Lipinski definition) is 7. The Morgan fingerprint density at radius 3 is 1.85 bits per heavy atom. The lowest BCUT2D eigenvalue weighted by atomic mass is 10.1. The van der Waals surface area contributed by atoms with Gasteiger partial charge in [-0.05, 0) is 69.5 Å². The predicted octanol–water partition coefficient (Wildman–Crippen LogP) is -0.133. The van der Waals surface area contributed by atoms with E-state index in [0.717, 1.165) is 30.4 Å². The summed E-state index contributed by atoms with van der Waals surface area (Å²) < 4.78 is 9.81. The lowest BCUT2D eigenvalue weighted by Crippen LogP contribution is -3.00. The van der Waals surface area contributed by atoms with Crippen LogP contribution < -0.4 is 49.3 Å². The molecule has 3 aromatic carbocycles. The minimum Gasteiger partial charge on any atom is -1.00 e. The summed E-state index contributed by atoms with van der Waals surface area (Å²) in [5.41, 5.74) is 5.83.